The Morgan fingerprint density at radius 3 is 2.85 bits per heavy atom. The number of ether oxygens (including phenoxy) is 1. The van der Waals surface area contributed by atoms with Crippen LogP contribution in [0.2, 0.25) is 0 Å². The van der Waals surface area contributed by atoms with E-state index in [1.807, 2.05) is 0 Å². The molecule has 0 aliphatic heterocycles. The van der Waals surface area contributed by atoms with Crippen LogP contribution in [0.5, 0.6) is 0 Å². The first kappa shape index (κ1) is 11.8. The Kier molecular flexibility index (Phi) is 6.80. The SMILES string of the molecule is C#CNCCC(=O)OCCC(C)C. The molecule has 0 aromatic carbocycles. The van der Waals surface area contributed by atoms with Crippen LogP contribution in [0.3, 0.4) is 0 Å². The Bertz CT molecular complexity index is 182. The first-order chi connectivity index (χ1) is 6.16. The van der Waals surface area contributed by atoms with E-state index in [1.54, 1.807) is 0 Å². The summed E-state index contributed by atoms with van der Waals surface area (Å²) in [4.78, 5) is 11.0. The van der Waals surface area contributed by atoms with E-state index in [4.69, 9.17) is 11.2 Å². The molecule has 0 atom stereocenters. The second-order valence-corrected chi connectivity index (χ2v) is 3.22. The molecule has 0 saturated carbocycles. The average Bonchev–Trinajstić information content (AvgIpc) is 2.04. The number of nitrogens with one attached hydrogen (secondary N) is 1. The zero-order valence-corrected chi connectivity index (χ0v) is 8.30. The summed E-state index contributed by atoms with van der Waals surface area (Å²) in [7, 11) is 0. The Labute approximate surface area is 79.8 Å². The van der Waals surface area contributed by atoms with E-state index in [0.717, 1.165) is 6.42 Å². The molecule has 0 saturated heterocycles. The van der Waals surface area contributed by atoms with Crippen LogP contribution in [0.4, 0.5) is 0 Å². The molecule has 0 unspecified atom stereocenters. The quantitative estimate of drug-likeness (QED) is 0.290. The number of carbonyl (C=O) groups is 1. The van der Waals surface area contributed by atoms with Crippen molar-refractivity contribution in [2.45, 2.75) is 26.7 Å². The molecule has 3 nitrogen and oxygen atoms in total. The van der Waals surface area contributed by atoms with Crippen LogP contribution in [0, 0.1) is 18.4 Å². The second kappa shape index (κ2) is 7.48. The highest BCUT2D eigenvalue weighted by Crippen LogP contribution is 1.99. The Morgan fingerprint density at radius 1 is 1.62 bits per heavy atom. The van der Waals surface area contributed by atoms with Gasteiger partial charge in [0.05, 0.1) is 13.0 Å². The van der Waals surface area contributed by atoms with Gasteiger partial charge in [0.15, 0.2) is 0 Å². The molecule has 0 aliphatic rings. The van der Waals surface area contributed by atoms with E-state index >= 15 is 0 Å². The largest absolute Gasteiger partial charge is 0.466 e. The van der Waals surface area contributed by atoms with Gasteiger partial charge >= 0.3 is 5.97 Å². The van der Waals surface area contributed by atoms with E-state index in [2.05, 4.69) is 25.2 Å². The highest BCUT2D eigenvalue weighted by atomic mass is 16.5. The number of esters is 1. The Morgan fingerprint density at radius 2 is 2.31 bits per heavy atom. The van der Waals surface area contributed by atoms with Gasteiger partial charge in [0.2, 0.25) is 0 Å². The molecule has 0 aromatic rings. The maximum atomic E-state index is 11.0. The molecule has 0 aromatic heterocycles. The predicted octanol–water partition coefficient (Wildman–Crippen LogP) is 1.15. The number of carbonyl (C=O) groups excluding carboxylic acids is 1. The smallest absolute Gasteiger partial charge is 0.307 e. The van der Waals surface area contributed by atoms with Crippen molar-refractivity contribution in [1.29, 1.82) is 0 Å². The molecule has 0 aliphatic carbocycles. The second-order valence-electron chi connectivity index (χ2n) is 3.22. The summed E-state index contributed by atoms with van der Waals surface area (Å²) in [6, 6.07) is 2.24. The molecule has 13 heavy (non-hydrogen) atoms. The Balaban J connectivity index is 3.26. The fourth-order valence-electron chi connectivity index (χ4n) is 0.717. The standard InChI is InChI=1S/C10H17NO2/c1-4-11-7-5-10(12)13-8-6-9(2)3/h1,9,11H,5-8H2,2-3H3. The van der Waals surface area contributed by atoms with Crippen molar-refractivity contribution in [3.63, 3.8) is 0 Å². The van der Waals surface area contributed by atoms with Crippen molar-refractivity contribution in [2.24, 2.45) is 5.92 Å². The summed E-state index contributed by atoms with van der Waals surface area (Å²) in [6.07, 6.45) is 6.19. The zero-order chi connectivity index (χ0) is 10.1. The fourth-order valence-corrected chi connectivity index (χ4v) is 0.717. The number of hydrogen-bond acceptors (Lipinski definition) is 3. The van der Waals surface area contributed by atoms with Gasteiger partial charge in [-0.1, -0.05) is 20.3 Å². The maximum Gasteiger partial charge on any atom is 0.307 e. The van der Waals surface area contributed by atoms with Gasteiger partial charge in [-0.15, -0.1) is 0 Å². The lowest BCUT2D eigenvalue weighted by molar-refractivity contribution is -0.143. The fraction of sp³-hybridized carbons (Fsp3) is 0.700. The molecule has 3 heteroatoms. The number of rotatable bonds is 6. The van der Waals surface area contributed by atoms with Crippen LogP contribution < -0.4 is 5.32 Å². The summed E-state index contributed by atoms with van der Waals surface area (Å²) in [5, 5.41) is 2.61. The first-order valence-electron chi connectivity index (χ1n) is 4.51. The van der Waals surface area contributed by atoms with Crippen molar-refractivity contribution in [1.82, 2.24) is 5.32 Å². The van der Waals surface area contributed by atoms with Gasteiger partial charge < -0.3 is 10.1 Å². The summed E-state index contributed by atoms with van der Waals surface area (Å²) < 4.78 is 4.95. The summed E-state index contributed by atoms with van der Waals surface area (Å²) in [6.45, 7) is 5.17. The van der Waals surface area contributed by atoms with Crippen LogP contribution in [0.15, 0.2) is 0 Å². The lowest BCUT2D eigenvalue weighted by Gasteiger charge is -2.06. The minimum absolute atomic E-state index is 0.191. The summed E-state index contributed by atoms with van der Waals surface area (Å²) in [5.74, 6) is 0.375. The van der Waals surface area contributed by atoms with Gasteiger partial charge in [0.1, 0.15) is 0 Å². The highest BCUT2D eigenvalue weighted by Gasteiger charge is 2.01. The first-order valence-corrected chi connectivity index (χ1v) is 4.51. The van der Waals surface area contributed by atoms with Gasteiger partial charge in [-0.3, -0.25) is 4.79 Å². The molecule has 0 heterocycles. The lowest BCUT2D eigenvalue weighted by Crippen LogP contribution is -2.15. The van der Waals surface area contributed by atoms with Gasteiger partial charge in [-0.2, -0.15) is 0 Å². The van der Waals surface area contributed by atoms with Crippen molar-refractivity contribution in [3.05, 3.63) is 0 Å². The average molecular weight is 183 g/mol. The van der Waals surface area contributed by atoms with Crippen molar-refractivity contribution in [2.75, 3.05) is 13.2 Å². The maximum absolute atomic E-state index is 11.0. The molecule has 0 rings (SSSR count). The third kappa shape index (κ3) is 8.74. The van der Waals surface area contributed by atoms with E-state index < -0.39 is 0 Å². The van der Waals surface area contributed by atoms with E-state index in [-0.39, 0.29) is 5.97 Å². The third-order valence-electron chi connectivity index (χ3n) is 1.51. The zero-order valence-electron chi connectivity index (χ0n) is 8.30. The molecular weight excluding hydrogens is 166 g/mol. The van der Waals surface area contributed by atoms with Gasteiger partial charge in [-0.25, -0.2) is 0 Å². The minimum Gasteiger partial charge on any atom is -0.466 e. The van der Waals surface area contributed by atoms with Crippen molar-refractivity contribution < 1.29 is 9.53 Å². The Hall–Kier alpha value is -1.17. The van der Waals surface area contributed by atoms with Crippen LogP contribution in [0.1, 0.15) is 26.7 Å². The number of terminal acetylenes is 1. The van der Waals surface area contributed by atoms with Crippen molar-refractivity contribution in [3.8, 4) is 12.5 Å². The van der Waals surface area contributed by atoms with Crippen LogP contribution in [-0.2, 0) is 9.53 Å². The molecule has 74 valence electrons. The third-order valence-corrected chi connectivity index (χ3v) is 1.51. The van der Waals surface area contributed by atoms with E-state index in [9.17, 15) is 4.79 Å². The molecule has 0 bridgehead atoms. The van der Waals surface area contributed by atoms with E-state index in [0.29, 0.717) is 25.5 Å². The lowest BCUT2D eigenvalue weighted by atomic mass is 10.1. The number of hydrogen-bond donors (Lipinski definition) is 1. The van der Waals surface area contributed by atoms with Gasteiger partial charge in [0.25, 0.3) is 0 Å². The minimum atomic E-state index is -0.191. The van der Waals surface area contributed by atoms with Crippen molar-refractivity contribution >= 4 is 5.97 Å². The summed E-state index contributed by atoms with van der Waals surface area (Å²) >= 11 is 0. The van der Waals surface area contributed by atoms with Crippen LogP contribution in [0.25, 0.3) is 0 Å². The van der Waals surface area contributed by atoms with Gasteiger partial charge in [-0.05, 0) is 12.3 Å². The van der Waals surface area contributed by atoms with Crippen LogP contribution >= 0.6 is 0 Å². The normalized spacial score (nSPS) is 9.38. The van der Waals surface area contributed by atoms with Gasteiger partial charge in [0, 0.05) is 12.6 Å². The molecule has 0 fully saturated rings. The highest BCUT2D eigenvalue weighted by molar-refractivity contribution is 5.69. The van der Waals surface area contributed by atoms with Crippen LogP contribution in [-0.4, -0.2) is 19.1 Å². The molecule has 0 spiro atoms. The molecule has 0 radical (unpaired) electrons. The molecule has 1 N–H and O–H groups in total. The topological polar surface area (TPSA) is 38.3 Å². The summed E-state index contributed by atoms with van der Waals surface area (Å²) in [5.41, 5.74) is 0. The monoisotopic (exact) mass is 183 g/mol. The molecular formula is C10H17NO2. The molecule has 0 amide bonds. The van der Waals surface area contributed by atoms with E-state index in [1.165, 1.54) is 0 Å². The predicted molar refractivity (Wildman–Crippen MR) is 51.9 cm³/mol.